The van der Waals surface area contributed by atoms with Crippen LogP contribution < -0.4 is 10.5 Å². The number of carbonyl (C=O) groups excluding carboxylic acids is 1. The molecule has 1 aliphatic heterocycles. The monoisotopic (exact) mass is 494 g/mol. The Morgan fingerprint density at radius 3 is 2.77 bits per heavy atom. The molecule has 0 bridgehead atoms. The van der Waals surface area contributed by atoms with Gasteiger partial charge in [-0.3, -0.25) is 14.0 Å². The van der Waals surface area contributed by atoms with Crippen LogP contribution >= 0.6 is 11.3 Å². The van der Waals surface area contributed by atoms with Crippen LogP contribution in [0.15, 0.2) is 28.5 Å². The second-order valence-corrected chi connectivity index (χ2v) is 9.67. The van der Waals surface area contributed by atoms with Crippen LogP contribution in [0.5, 0.6) is 0 Å². The van der Waals surface area contributed by atoms with Gasteiger partial charge in [-0.05, 0) is 30.0 Å². The summed E-state index contributed by atoms with van der Waals surface area (Å²) in [5.41, 5.74) is 2.30. The van der Waals surface area contributed by atoms with Crippen LogP contribution in [-0.2, 0) is 24.0 Å². The molecule has 4 aromatic rings. The van der Waals surface area contributed by atoms with Gasteiger partial charge in [0, 0.05) is 31.1 Å². The maximum Gasteiger partial charge on any atom is 0.270 e. The third kappa shape index (κ3) is 4.98. The van der Waals surface area contributed by atoms with Crippen molar-refractivity contribution < 1.29 is 9.53 Å². The number of nitrogens with zero attached hydrogens (tertiary/aromatic N) is 7. The Bertz CT molecular complexity index is 1390. The molecular weight excluding hydrogens is 468 g/mol. The van der Waals surface area contributed by atoms with Crippen molar-refractivity contribution in [1.82, 2.24) is 35.0 Å². The van der Waals surface area contributed by atoms with Gasteiger partial charge in [-0.15, -0.1) is 21.5 Å². The molecule has 4 aromatic heterocycles. The summed E-state index contributed by atoms with van der Waals surface area (Å²) in [7, 11) is 0. The Balaban J connectivity index is 1.48. The number of morpholine rings is 1. The highest BCUT2D eigenvalue weighted by Crippen LogP contribution is 2.22. The molecule has 5 rings (SSSR count). The number of ketones is 1. The highest BCUT2D eigenvalue weighted by molar-refractivity contribution is 7.09. The van der Waals surface area contributed by atoms with Gasteiger partial charge >= 0.3 is 0 Å². The van der Waals surface area contributed by atoms with E-state index in [1.54, 1.807) is 17.5 Å². The Labute approximate surface area is 205 Å². The summed E-state index contributed by atoms with van der Waals surface area (Å²) in [4.78, 5) is 38.1. The molecule has 11 nitrogen and oxygen atoms in total. The molecule has 0 atom stereocenters. The summed E-state index contributed by atoms with van der Waals surface area (Å²) in [5, 5.41) is 16.7. The minimum atomic E-state index is -0.405. The van der Waals surface area contributed by atoms with Gasteiger partial charge in [-0.1, -0.05) is 19.1 Å². The maximum atomic E-state index is 13.5. The van der Waals surface area contributed by atoms with Crippen molar-refractivity contribution in [2.75, 3.05) is 31.2 Å². The van der Waals surface area contributed by atoms with E-state index in [9.17, 15) is 9.59 Å². The molecule has 1 saturated heterocycles. The average Bonchev–Trinajstić information content (AvgIpc) is 3.55. The van der Waals surface area contributed by atoms with Crippen LogP contribution in [0.3, 0.4) is 0 Å². The van der Waals surface area contributed by atoms with Gasteiger partial charge in [0.25, 0.3) is 5.56 Å². The van der Waals surface area contributed by atoms with E-state index >= 15 is 0 Å². The number of tetrazole rings is 1. The molecule has 182 valence electrons. The number of carbonyl (C=O) groups is 1. The van der Waals surface area contributed by atoms with Crippen LogP contribution in [0.4, 0.5) is 5.82 Å². The SMILES string of the molecule is CC(C)c1csc(CCc2ccn3c(=O)c(C(=O)Cc4nn[nH]n4)c(N4CCOCC4)nc3c2)n1. The van der Waals surface area contributed by atoms with Crippen molar-refractivity contribution in [2.24, 2.45) is 0 Å². The number of Topliss-reactive ketones (excluding diaryl/α,β-unsaturated/α-hetero) is 1. The lowest BCUT2D eigenvalue weighted by atomic mass is 10.1. The fraction of sp³-hybridized carbons (Fsp3) is 0.435. The Hall–Kier alpha value is -3.51. The predicted octanol–water partition coefficient (Wildman–Crippen LogP) is 1.83. The number of ether oxygens (including phenoxy) is 1. The highest BCUT2D eigenvalue weighted by atomic mass is 32.1. The number of aromatic amines is 1. The van der Waals surface area contributed by atoms with Gasteiger partial charge in [-0.2, -0.15) is 5.21 Å². The van der Waals surface area contributed by atoms with Gasteiger partial charge in [0.15, 0.2) is 11.6 Å². The third-order valence-electron chi connectivity index (χ3n) is 5.96. The van der Waals surface area contributed by atoms with Crippen molar-refractivity contribution in [3.05, 3.63) is 61.7 Å². The number of anilines is 1. The molecule has 0 saturated carbocycles. The fourth-order valence-corrected chi connectivity index (χ4v) is 4.98. The quantitative estimate of drug-likeness (QED) is 0.364. The summed E-state index contributed by atoms with van der Waals surface area (Å²) in [6, 6.07) is 3.81. The first-order valence-electron chi connectivity index (χ1n) is 11.6. The summed E-state index contributed by atoms with van der Waals surface area (Å²) in [6.45, 7) is 6.38. The van der Waals surface area contributed by atoms with E-state index in [0.29, 0.717) is 43.7 Å². The minimum absolute atomic E-state index is 0.0333. The Kier molecular flexibility index (Phi) is 6.64. The molecule has 1 N–H and O–H groups in total. The normalized spacial score (nSPS) is 14.2. The van der Waals surface area contributed by atoms with Crippen molar-refractivity contribution >= 4 is 28.6 Å². The second-order valence-electron chi connectivity index (χ2n) is 8.73. The number of fused-ring (bicyclic) bond motifs is 1. The van der Waals surface area contributed by atoms with Gasteiger partial charge in [-0.25, -0.2) is 9.97 Å². The zero-order valence-corrected chi connectivity index (χ0v) is 20.4. The lowest BCUT2D eigenvalue weighted by Gasteiger charge is -2.29. The zero-order chi connectivity index (χ0) is 24.4. The van der Waals surface area contributed by atoms with Crippen molar-refractivity contribution in [3.63, 3.8) is 0 Å². The molecule has 0 aromatic carbocycles. The first-order chi connectivity index (χ1) is 17.0. The lowest BCUT2D eigenvalue weighted by molar-refractivity contribution is 0.0987. The largest absolute Gasteiger partial charge is 0.378 e. The smallest absolute Gasteiger partial charge is 0.270 e. The van der Waals surface area contributed by atoms with E-state index in [4.69, 9.17) is 14.7 Å². The van der Waals surface area contributed by atoms with Crippen molar-refractivity contribution in [3.8, 4) is 0 Å². The Morgan fingerprint density at radius 2 is 2.06 bits per heavy atom. The van der Waals surface area contributed by atoms with Crippen molar-refractivity contribution in [1.29, 1.82) is 0 Å². The number of pyridine rings is 1. The van der Waals surface area contributed by atoms with E-state index in [0.717, 1.165) is 29.1 Å². The van der Waals surface area contributed by atoms with E-state index in [-0.39, 0.29) is 17.8 Å². The number of hydrogen-bond acceptors (Lipinski definition) is 10. The summed E-state index contributed by atoms with van der Waals surface area (Å²) >= 11 is 1.68. The zero-order valence-electron chi connectivity index (χ0n) is 19.6. The van der Waals surface area contributed by atoms with Crippen molar-refractivity contribution in [2.45, 2.75) is 39.0 Å². The van der Waals surface area contributed by atoms with E-state index in [1.807, 2.05) is 17.0 Å². The van der Waals surface area contributed by atoms with Gasteiger partial charge in [0.1, 0.15) is 17.0 Å². The highest BCUT2D eigenvalue weighted by Gasteiger charge is 2.26. The topological polar surface area (TPSA) is 131 Å². The second kappa shape index (κ2) is 10.0. The lowest BCUT2D eigenvalue weighted by Crippen LogP contribution is -2.40. The van der Waals surface area contributed by atoms with E-state index in [2.05, 4.69) is 39.9 Å². The van der Waals surface area contributed by atoms with Crippen LogP contribution in [0, 0.1) is 0 Å². The molecule has 1 aliphatic rings. The third-order valence-corrected chi connectivity index (χ3v) is 6.89. The molecule has 0 aliphatic carbocycles. The molecule has 0 amide bonds. The fourth-order valence-electron chi connectivity index (χ4n) is 4.02. The first-order valence-corrected chi connectivity index (χ1v) is 12.5. The van der Waals surface area contributed by atoms with Crippen LogP contribution in [-0.4, -0.2) is 67.1 Å². The maximum absolute atomic E-state index is 13.5. The Morgan fingerprint density at radius 1 is 1.23 bits per heavy atom. The molecule has 0 spiro atoms. The predicted molar refractivity (Wildman–Crippen MR) is 130 cm³/mol. The van der Waals surface area contributed by atoms with Gasteiger partial charge < -0.3 is 9.64 Å². The molecule has 35 heavy (non-hydrogen) atoms. The summed E-state index contributed by atoms with van der Waals surface area (Å²) in [5.74, 6) is 0.622. The van der Waals surface area contributed by atoms with E-state index < -0.39 is 11.3 Å². The average molecular weight is 495 g/mol. The number of aryl methyl sites for hydroxylation is 2. The minimum Gasteiger partial charge on any atom is -0.378 e. The molecule has 0 unspecified atom stereocenters. The molecule has 5 heterocycles. The van der Waals surface area contributed by atoms with Crippen LogP contribution in [0.1, 0.15) is 52.2 Å². The number of H-pyrrole nitrogens is 1. The number of hydrogen-bond donors (Lipinski definition) is 1. The van der Waals surface area contributed by atoms with Crippen LogP contribution in [0.25, 0.3) is 5.65 Å². The number of aromatic nitrogens is 7. The first kappa shape index (κ1) is 23.2. The van der Waals surface area contributed by atoms with Crippen LogP contribution in [0.2, 0.25) is 0 Å². The molecule has 1 fully saturated rings. The molecule has 12 heteroatoms. The molecular formula is C23H26N8O3S. The summed E-state index contributed by atoms with van der Waals surface area (Å²) in [6.07, 6.45) is 3.15. The number of rotatable bonds is 8. The number of nitrogens with one attached hydrogen (secondary N) is 1. The number of thiazole rings is 1. The summed E-state index contributed by atoms with van der Waals surface area (Å²) < 4.78 is 6.89. The van der Waals surface area contributed by atoms with Gasteiger partial charge in [0.05, 0.1) is 30.3 Å². The van der Waals surface area contributed by atoms with Gasteiger partial charge in [0.2, 0.25) is 0 Å². The van der Waals surface area contributed by atoms with E-state index in [1.165, 1.54) is 4.40 Å². The standard InChI is InChI=1S/C23H26N8O3S/c1-14(2)16-13-35-20(24-16)4-3-15-5-6-31-19(11-15)25-22(30-7-9-34-10-8-30)21(23(31)33)17(32)12-18-26-28-29-27-18/h5-6,11,13-14H,3-4,7-10,12H2,1-2H3,(H,26,27,28,29). The molecule has 0 radical (unpaired) electrons.